The zero-order valence-corrected chi connectivity index (χ0v) is 11.7. The Hall–Kier alpha value is -1.06. The molecule has 94 valence electrons. The van der Waals surface area contributed by atoms with E-state index in [-0.39, 0.29) is 6.04 Å². The Kier molecular flexibility index (Phi) is 3.27. The van der Waals surface area contributed by atoms with Crippen molar-refractivity contribution in [2.75, 3.05) is 0 Å². The fourth-order valence-corrected chi connectivity index (χ4v) is 2.73. The molecule has 1 fully saturated rings. The summed E-state index contributed by atoms with van der Waals surface area (Å²) in [7, 11) is 0. The molecular formula is C15H16BrNO. The summed E-state index contributed by atoms with van der Waals surface area (Å²) in [5.41, 5.74) is 8.79. The smallest absolute Gasteiger partial charge is 0.169 e. The van der Waals surface area contributed by atoms with Gasteiger partial charge in [-0.05, 0) is 57.9 Å². The van der Waals surface area contributed by atoms with Crippen LogP contribution in [0.5, 0.6) is 0 Å². The highest BCUT2D eigenvalue weighted by Gasteiger charge is 2.21. The number of nitrogens with two attached hydrogens (primary N) is 1. The average molecular weight is 306 g/mol. The second kappa shape index (κ2) is 4.90. The number of furan rings is 1. The Morgan fingerprint density at radius 2 is 2.06 bits per heavy atom. The highest BCUT2D eigenvalue weighted by Crippen LogP contribution is 2.37. The van der Waals surface area contributed by atoms with Gasteiger partial charge in [-0.15, -0.1) is 0 Å². The lowest BCUT2D eigenvalue weighted by atomic mass is 9.79. The number of benzene rings is 1. The molecule has 2 nitrogen and oxygen atoms in total. The highest BCUT2D eigenvalue weighted by molar-refractivity contribution is 9.10. The molecule has 1 atom stereocenters. The van der Waals surface area contributed by atoms with E-state index in [9.17, 15) is 0 Å². The molecule has 1 saturated carbocycles. The van der Waals surface area contributed by atoms with E-state index in [1.807, 2.05) is 12.1 Å². The van der Waals surface area contributed by atoms with Gasteiger partial charge in [0.05, 0.1) is 6.04 Å². The summed E-state index contributed by atoms with van der Waals surface area (Å²) in [5.74, 6) is 1.54. The summed E-state index contributed by atoms with van der Waals surface area (Å²) in [4.78, 5) is 0. The van der Waals surface area contributed by atoms with Crippen molar-refractivity contribution in [1.29, 1.82) is 0 Å². The maximum atomic E-state index is 6.24. The van der Waals surface area contributed by atoms with Gasteiger partial charge >= 0.3 is 0 Å². The van der Waals surface area contributed by atoms with Gasteiger partial charge in [0.25, 0.3) is 0 Å². The summed E-state index contributed by atoms with van der Waals surface area (Å²) in [5, 5.41) is 0. The van der Waals surface area contributed by atoms with Crippen LogP contribution in [0.3, 0.4) is 0 Å². The van der Waals surface area contributed by atoms with Crippen LogP contribution < -0.4 is 5.73 Å². The maximum absolute atomic E-state index is 6.24. The fraction of sp³-hybridized carbons (Fsp3) is 0.333. The van der Waals surface area contributed by atoms with Gasteiger partial charge in [-0.2, -0.15) is 0 Å². The van der Waals surface area contributed by atoms with Gasteiger partial charge in [0.1, 0.15) is 5.76 Å². The van der Waals surface area contributed by atoms with E-state index in [2.05, 4.69) is 40.2 Å². The molecule has 0 saturated heterocycles. The van der Waals surface area contributed by atoms with Crippen molar-refractivity contribution < 1.29 is 4.42 Å². The van der Waals surface area contributed by atoms with Crippen LogP contribution in [0.4, 0.5) is 0 Å². The lowest BCUT2D eigenvalue weighted by Gasteiger charge is -2.26. The second-order valence-electron chi connectivity index (χ2n) is 4.92. The van der Waals surface area contributed by atoms with Gasteiger partial charge in [-0.25, -0.2) is 0 Å². The van der Waals surface area contributed by atoms with Crippen molar-refractivity contribution >= 4 is 15.9 Å². The molecule has 0 bridgehead atoms. The van der Waals surface area contributed by atoms with E-state index in [1.165, 1.54) is 24.8 Å². The minimum atomic E-state index is -0.184. The first-order valence-corrected chi connectivity index (χ1v) is 7.14. The average Bonchev–Trinajstić information content (AvgIpc) is 2.73. The van der Waals surface area contributed by atoms with E-state index < -0.39 is 0 Å². The summed E-state index contributed by atoms with van der Waals surface area (Å²) < 4.78 is 6.26. The number of hydrogen-bond acceptors (Lipinski definition) is 2. The molecule has 0 radical (unpaired) electrons. The largest absolute Gasteiger partial charge is 0.452 e. The third-order valence-corrected chi connectivity index (χ3v) is 4.17. The van der Waals surface area contributed by atoms with Gasteiger partial charge in [0.2, 0.25) is 0 Å². The van der Waals surface area contributed by atoms with Gasteiger partial charge < -0.3 is 10.2 Å². The van der Waals surface area contributed by atoms with Crippen molar-refractivity contribution in [2.24, 2.45) is 5.73 Å². The number of halogens is 1. The number of hydrogen-bond donors (Lipinski definition) is 1. The van der Waals surface area contributed by atoms with E-state index in [4.69, 9.17) is 10.2 Å². The van der Waals surface area contributed by atoms with Crippen LogP contribution in [-0.4, -0.2) is 0 Å². The monoisotopic (exact) mass is 305 g/mol. The van der Waals surface area contributed by atoms with Crippen molar-refractivity contribution in [1.82, 2.24) is 0 Å². The second-order valence-corrected chi connectivity index (χ2v) is 5.70. The zero-order chi connectivity index (χ0) is 12.5. The first-order valence-electron chi connectivity index (χ1n) is 6.35. The first kappa shape index (κ1) is 12.0. The molecule has 0 amide bonds. The van der Waals surface area contributed by atoms with Crippen molar-refractivity contribution in [3.05, 3.63) is 58.0 Å². The predicted molar refractivity (Wildman–Crippen MR) is 75.5 cm³/mol. The summed E-state index contributed by atoms with van der Waals surface area (Å²) in [6.45, 7) is 0. The SMILES string of the molecule is NC(c1cccc(C2CCC2)c1)c1ccc(Br)o1. The Bertz CT molecular complexity index is 545. The molecular weight excluding hydrogens is 290 g/mol. The van der Waals surface area contributed by atoms with Crippen LogP contribution in [0.25, 0.3) is 0 Å². The zero-order valence-electron chi connectivity index (χ0n) is 10.1. The third-order valence-electron chi connectivity index (χ3n) is 3.75. The quantitative estimate of drug-likeness (QED) is 0.915. The van der Waals surface area contributed by atoms with Gasteiger partial charge in [0, 0.05) is 0 Å². The topological polar surface area (TPSA) is 39.2 Å². The standard InChI is InChI=1S/C15H16BrNO/c16-14-8-7-13(18-14)15(17)12-6-2-5-11(9-12)10-3-1-4-10/h2,5-10,15H,1,3-4,17H2. The van der Waals surface area contributed by atoms with Crippen LogP contribution in [0, 0.1) is 0 Å². The van der Waals surface area contributed by atoms with E-state index in [1.54, 1.807) is 0 Å². The van der Waals surface area contributed by atoms with Gasteiger partial charge in [-0.3, -0.25) is 0 Å². The Morgan fingerprint density at radius 1 is 1.22 bits per heavy atom. The summed E-state index contributed by atoms with van der Waals surface area (Å²) in [6.07, 6.45) is 3.97. The highest BCUT2D eigenvalue weighted by atomic mass is 79.9. The van der Waals surface area contributed by atoms with Gasteiger partial charge in [0.15, 0.2) is 4.67 Å². The lowest BCUT2D eigenvalue weighted by Crippen LogP contribution is -2.13. The van der Waals surface area contributed by atoms with Crippen LogP contribution in [0.2, 0.25) is 0 Å². The Labute approximate surface area is 115 Å². The molecule has 0 spiro atoms. The fourth-order valence-electron chi connectivity index (χ4n) is 2.41. The van der Waals surface area contributed by atoms with Crippen LogP contribution in [-0.2, 0) is 0 Å². The molecule has 1 heterocycles. The molecule has 3 heteroatoms. The molecule has 18 heavy (non-hydrogen) atoms. The lowest BCUT2D eigenvalue weighted by molar-refractivity contribution is 0.419. The first-order chi connectivity index (χ1) is 8.74. The molecule has 1 unspecified atom stereocenters. The minimum absolute atomic E-state index is 0.184. The summed E-state index contributed by atoms with van der Waals surface area (Å²) >= 11 is 3.31. The Morgan fingerprint density at radius 3 is 2.67 bits per heavy atom. The molecule has 1 aromatic carbocycles. The molecule has 2 N–H and O–H groups in total. The van der Waals surface area contributed by atoms with Crippen LogP contribution in [0.1, 0.15) is 48.1 Å². The molecule has 2 aromatic rings. The minimum Gasteiger partial charge on any atom is -0.452 e. The molecule has 1 aromatic heterocycles. The predicted octanol–water partition coefficient (Wildman–Crippen LogP) is 4.36. The molecule has 1 aliphatic carbocycles. The van der Waals surface area contributed by atoms with Crippen molar-refractivity contribution in [2.45, 2.75) is 31.2 Å². The van der Waals surface area contributed by atoms with Gasteiger partial charge in [-0.1, -0.05) is 30.7 Å². The van der Waals surface area contributed by atoms with Crippen LogP contribution >= 0.6 is 15.9 Å². The molecule has 3 rings (SSSR count). The van der Waals surface area contributed by atoms with E-state index in [0.29, 0.717) is 0 Å². The van der Waals surface area contributed by atoms with Crippen molar-refractivity contribution in [3.63, 3.8) is 0 Å². The van der Waals surface area contributed by atoms with Crippen LogP contribution in [0.15, 0.2) is 45.5 Å². The molecule has 1 aliphatic rings. The maximum Gasteiger partial charge on any atom is 0.169 e. The molecule has 0 aliphatic heterocycles. The number of rotatable bonds is 3. The Balaban J connectivity index is 1.86. The van der Waals surface area contributed by atoms with Crippen molar-refractivity contribution in [3.8, 4) is 0 Å². The van der Waals surface area contributed by atoms with E-state index >= 15 is 0 Å². The normalized spacial score (nSPS) is 17.4. The summed E-state index contributed by atoms with van der Waals surface area (Å²) in [6, 6.07) is 12.2. The third kappa shape index (κ3) is 2.25. The van der Waals surface area contributed by atoms with E-state index in [0.717, 1.165) is 21.9 Å².